The molecule has 0 saturated carbocycles. The zero-order valence-electron chi connectivity index (χ0n) is 19.7. The number of nitrogens with zero attached hydrogens (tertiary/aromatic N) is 1. The number of hydrogen-bond acceptors (Lipinski definition) is 1. The van der Waals surface area contributed by atoms with Crippen molar-refractivity contribution in [3.63, 3.8) is 0 Å². The maximum absolute atomic E-state index is 15.1. The van der Waals surface area contributed by atoms with Gasteiger partial charge in [-0.15, -0.1) is 0 Å². The molecule has 5 aromatic carbocycles. The lowest BCUT2D eigenvalue weighted by Crippen LogP contribution is -1.93. The average molecular weight is 454 g/mol. The molecule has 0 N–H and O–H groups in total. The van der Waals surface area contributed by atoms with Crippen molar-refractivity contribution in [2.75, 3.05) is 0 Å². The monoisotopic (exact) mass is 453 g/mol. The van der Waals surface area contributed by atoms with Crippen LogP contribution in [0.5, 0.6) is 0 Å². The number of pyridine rings is 1. The minimum Gasteiger partial charge on any atom is -0.256 e. The molecule has 0 saturated heterocycles. The third-order valence-corrected chi connectivity index (χ3v) is 6.67. The van der Waals surface area contributed by atoms with Crippen LogP contribution in [0.1, 0.15) is 11.1 Å². The molecule has 0 fully saturated rings. The molecule has 1 aromatic heterocycles. The van der Waals surface area contributed by atoms with E-state index in [1.54, 1.807) is 6.07 Å². The zero-order valence-corrected chi connectivity index (χ0v) is 19.7. The molecule has 0 atom stereocenters. The summed E-state index contributed by atoms with van der Waals surface area (Å²) >= 11 is 0. The maximum atomic E-state index is 15.1. The lowest BCUT2D eigenvalue weighted by Gasteiger charge is -2.16. The molecular weight excluding hydrogens is 429 g/mol. The molecule has 0 radical (unpaired) electrons. The van der Waals surface area contributed by atoms with Crippen molar-refractivity contribution in [3.05, 3.63) is 126 Å². The van der Waals surface area contributed by atoms with Crippen molar-refractivity contribution in [2.24, 2.45) is 0 Å². The Kier molecular flexibility index (Phi) is 5.15. The number of aromatic nitrogens is 1. The molecule has 168 valence electrons. The summed E-state index contributed by atoms with van der Waals surface area (Å²) in [6.07, 6.45) is 1.84. The summed E-state index contributed by atoms with van der Waals surface area (Å²) in [6, 6.07) is 34.6. The van der Waals surface area contributed by atoms with Gasteiger partial charge in [-0.25, -0.2) is 4.39 Å². The molecule has 0 aliphatic heterocycles. The minimum atomic E-state index is -0.215. The quantitative estimate of drug-likeness (QED) is 0.243. The molecule has 0 unspecified atom stereocenters. The first-order valence-electron chi connectivity index (χ1n) is 11.8. The number of benzene rings is 5. The smallest absolute Gasteiger partial charge is 0.131 e. The Morgan fingerprint density at radius 1 is 0.543 bits per heavy atom. The normalized spacial score (nSPS) is 11.3. The minimum absolute atomic E-state index is 0.215. The van der Waals surface area contributed by atoms with Gasteiger partial charge in [-0.1, -0.05) is 90.0 Å². The van der Waals surface area contributed by atoms with Gasteiger partial charge in [-0.05, 0) is 65.8 Å². The summed E-state index contributed by atoms with van der Waals surface area (Å²) in [5.74, 6) is -0.215. The van der Waals surface area contributed by atoms with Crippen LogP contribution in [0.3, 0.4) is 0 Å². The first kappa shape index (κ1) is 21.2. The summed E-state index contributed by atoms with van der Waals surface area (Å²) in [5, 5.41) is 3.56. The van der Waals surface area contributed by atoms with Gasteiger partial charge in [-0.3, -0.25) is 4.98 Å². The van der Waals surface area contributed by atoms with Gasteiger partial charge < -0.3 is 0 Å². The highest BCUT2D eigenvalue weighted by molar-refractivity contribution is 6.17. The molecule has 6 aromatic rings. The third-order valence-electron chi connectivity index (χ3n) is 6.67. The topological polar surface area (TPSA) is 12.9 Å². The van der Waals surface area contributed by atoms with Crippen LogP contribution in [0.15, 0.2) is 109 Å². The number of hydrogen-bond donors (Lipinski definition) is 0. The van der Waals surface area contributed by atoms with Crippen molar-refractivity contribution < 1.29 is 4.39 Å². The van der Waals surface area contributed by atoms with E-state index in [0.717, 1.165) is 49.7 Å². The van der Waals surface area contributed by atoms with Gasteiger partial charge >= 0.3 is 0 Å². The van der Waals surface area contributed by atoms with Crippen LogP contribution in [-0.4, -0.2) is 4.98 Å². The van der Waals surface area contributed by atoms with E-state index in [1.807, 2.05) is 54.7 Å². The fraction of sp³-hybridized carbons (Fsp3) is 0.0606. The van der Waals surface area contributed by atoms with E-state index in [0.29, 0.717) is 5.39 Å². The molecule has 1 heterocycles. The van der Waals surface area contributed by atoms with Crippen molar-refractivity contribution in [1.82, 2.24) is 4.98 Å². The van der Waals surface area contributed by atoms with Crippen molar-refractivity contribution in [1.29, 1.82) is 0 Å². The molecule has 6 rings (SSSR count). The van der Waals surface area contributed by atoms with E-state index >= 15 is 4.39 Å². The van der Waals surface area contributed by atoms with E-state index < -0.39 is 0 Å². The van der Waals surface area contributed by atoms with Gasteiger partial charge in [0.15, 0.2) is 0 Å². The fourth-order valence-corrected chi connectivity index (χ4v) is 5.23. The first-order chi connectivity index (χ1) is 17.1. The Morgan fingerprint density at radius 2 is 1.23 bits per heavy atom. The molecule has 0 aliphatic carbocycles. The Hall–Kier alpha value is -4.30. The molecule has 1 nitrogen and oxygen atoms in total. The van der Waals surface area contributed by atoms with Crippen LogP contribution in [0.25, 0.3) is 55.1 Å². The van der Waals surface area contributed by atoms with Crippen LogP contribution >= 0.6 is 0 Å². The van der Waals surface area contributed by atoms with Gasteiger partial charge in [-0.2, -0.15) is 0 Å². The summed E-state index contributed by atoms with van der Waals surface area (Å²) in [4.78, 5) is 4.76. The summed E-state index contributed by atoms with van der Waals surface area (Å²) in [5.41, 5.74) is 8.76. The van der Waals surface area contributed by atoms with E-state index in [-0.39, 0.29) is 5.82 Å². The van der Waals surface area contributed by atoms with Gasteiger partial charge in [0.1, 0.15) is 5.82 Å². The summed E-state index contributed by atoms with van der Waals surface area (Å²) in [7, 11) is 0. The number of rotatable bonds is 3. The van der Waals surface area contributed by atoms with E-state index in [2.05, 4.69) is 62.4 Å². The van der Waals surface area contributed by atoms with Crippen LogP contribution in [0.4, 0.5) is 4.39 Å². The predicted molar refractivity (Wildman–Crippen MR) is 145 cm³/mol. The zero-order chi connectivity index (χ0) is 23.9. The maximum Gasteiger partial charge on any atom is 0.131 e. The van der Waals surface area contributed by atoms with Crippen molar-refractivity contribution in [2.45, 2.75) is 13.8 Å². The predicted octanol–water partition coefficient (Wildman–Crippen LogP) is 9.14. The van der Waals surface area contributed by atoms with Crippen LogP contribution in [0.2, 0.25) is 0 Å². The lowest BCUT2D eigenvalue weighted by molar-refractivity contribution is 0.640. The largest absolute Gasteiger partial charge is 0.256 e. The molecule has 35 heavy (non-hydrogen) atoms. The number of halogens is 1. The van der Waals surface area contributed by atoms with E-state index in [1.165, 1.54) is 11.1 Å². The van der Waals surface area contributed by atoms with Crippen LogP contribution < -0.4 is 0 Å². The average Bonchev–Trinajstić information content (AvgIpc) is 2.88. The summed E-state index contributed by atoms with van der Waals surface area (Å²) in [6.45, 7) is 4.20. The highest BCUT2D eigenvalue weighted by atomic mass is 19.1. The number of fused-ring (bicyclic) bond motifs is 3. The Bertz CT molecular complexity index is 1700. The second-order valence-electron chi connectivity index (χ2n) is 9.13. The van der Waals surface area contributed by atoms with Crippen molar-refractivity contribution >= 4 is 21.5 Å². The van der Waals surface area contributed by atoms with E-state index in [4.69, 9.17) is 4.98 Å². The molecule has 0 spiro atoms. The molecule has 0 amide bonds. The molecule has 0 bridgehead atoms. The molecular formula is C33H24FN. The third kappa shape index (κ3) is 3.68. The lowest BCUT2D eigenvalue weighted by atomic mass is 9.88. The van der Waals surface area contributed by atoms with Gasteiger partial charge in [0.2, 0.25) is 0 Å². The Labute approximate surface area is 204 Å². The van der Waals surface area contributed by atoms with E-state index in [9.17, 15) is 0 Å². The first-order valence-corrected chi connectivity index (χ1v) is 11.8. The summed E-state index contributed by atoms with van der Waals surface area (Å²) < 4.78 is 15.1. The van der Waals surface area contributed by atoms with Gasteiger partial charge in [0.05, 0.1) is 5.69 Å². The molecule has 0 aliphatic rings. The number of aryl methyl sites for hydroxylation is 2. The highest BCUT2D eigenvalue weighted by Gasteiger charge is 2.16. The Balaban J connectivity index is 1.70. The SMILES string of the molecule is Cc1cc(C)cc(-c2nccc3c2ccc2c(F)ccc(-c4ccccc4-c4ccccc4)c23)c1. The van der Waals surface area contributed by atoms with Crippen LogP contribution in [0, 0.1) is 19.7 Å². The Morgan fingerprint density at radius 3 is 2.00 bits per heavy atom. The van der Waals surface area contributed by atoms with Crippen molar-refractivity contribution in [3.8, 4) is 33.5 Å². The molecule has 2 heteroatoms. The van der Waals surface area contributed by atoms with Gasteiger partial charge in [0.25, 0.3) is 0 Å². The fourth-order valence-electron chi connectivity index (χ4n) is 5.23. The van der Waals surface area contributed by atoms with Crippen LogP contribution in [-0.2, 0) is 0 Å². The second-order valence-corrected chi connectivity index (χ2v) is 9.13. The second kappa shape index (κ2) is 8.48. The highest BCUT2D eigenvalue weighted by Crippen LogP contribution is 2.41. The van der Waals surface area contributed by atoms with Gasteiger partial charge in [0, 0.05) is 27.9 Å². The standard InChI is InChI=1S/C33H24FN/c1-21-18-22(2)20-24(19-21)33-29-12-13-30-31(34)15-14-27(32(30)28(29)16-17-35-33)26-11-7-6-10-25(26)23-8-4-3-5-9-23/h3-20H,1-2H3.